The van der Waals surface area contributed by atoms with E-state index in [-0.39, 0.29) is 22.5 Å². The predicted molar refractivity (Wildman–Crippen MR) is 193 cm³/mol. The van der Waals surface area contributed by atoms with Crippen molar-refractivity contribution < 1.29 is 23.9 Å². The Bertz CT molecular complexity index is 1260. The number of hydrogen-bond donors (Lipinski definition) is 1. The first-order valence-corrected chi connectivity index (χ1v) is 20.7. The lowest BCUT2D eigenvalue weighted by Crippen LogP contribution is -2.46. The number of hydrogen-bond acceptors (Lipinski definition) is 4. The van der Waals surface area contributed by atoms with E-state index in [1.54, 1.807) is 0 Å². The molecule has 0 aromatic heterocycles. The Kier molecular flexibility index (Phi) is 14.3. The van der Waals surface area contributed by atoms with Crippen LogP contribution in [0.1, 0.15) is 128 Å². The van der Waals surface area contributed by atoms with Gasteiger partial charge in [-0.3, -0.25) is 0 Å². The van der Waals surface area contributed by atoms with Crippen molar-refractivity contribution in [2.75, 3.05) is 0 Å². The molecular formula is C40H60O5Si. The summed E-state index contributed by atoms with van der Waals surface area (Å²) < 4.78 is 12.5. The molecule has 1 N–H and O–H groups in total. The van der Waals surface area contributed by atoms with E-state index >= 15 is 0 Å². The summed E-state index contributed by atoms with van der Waals surface area (Å²) in [6, 6.07) is 17.9. The van der Waals surface area contributed by atoms with Crippen LogP contribution in [-0.2, 0) is 14.0 Å². The zero-order valence-corrected chi connectivity index (χ0v) is 30.7. The second-order valence-electron chi connectivity index (χ2n) is 15.0. The van der Waals surface area contributed by atoms with Crippen LogP contribution in [0.25, 0.3) is 11.1 Å². The molecule has 0 fully saturated rings. The Morgan fingerprint density at radius 2 is 1.50 bits per heavy atom. The molecule has 0 amide bonds. The Balaban J connectivity index is 1.62. The van der Waals surface area contributed by atoms with Crippen LogP contribution in [0.15, 0.2) is 66.2 Å². The molecule has 3 rings (SSSR count). The van der Waals surface area contributed by atoms with E-state index in [0.29, 0.717) is 12.0 Å². The second kappa shape index (κ2) is 17.4. The van der Waals surface area contributed by atoms with Crippen molar-refractivity contribution in [1.82, 2.24) is 0 Å². The molecule has 0 aliphatic heterocycles. The third-order valence-electron chi connectivity index (χ3n) is 10.5. The highest BCUT2D eigenvalue weighted by Gasteiger charge is 2.43. The lowest BCUT2D eigenvalue weighted by atomic mass is 9.75. The fourth-order valence-corrected chi connectivity index (χ4v) is 7.61. The number of rotatable bonds is 19. The molecular weight excluding hydrogens is 589 g/mol. The van der Waals surface area contributed by atoms with E-state index in [1.807, 2.05) is 42.5 Å². The summed E-state index contributed by atoms with van der Waals surface area (Å²) in [6.07, 6.45) is 14.8. The average Bonchev–Trinajstić information content (AvgIpc) is 3.32. The highest BCUT2D eigenvalue weighted by Crippen LogP contribution is 2.47. The van der Waals surface area contributed by atoms with Gasteiger partial charge in [-0.25, -0.2) is 9.59 Å². The van der Waals surface area contributed by atoms with Crippen LogP contribution >= 0.6 is 0 Å². The van der Waals surface area contributed by atoms with Crippen LogP contribution in [0.5, 0.6) is 0 Å². The highest BCUT2D eigenvalue weighted by molar-refractivity contribution is 6.74. The van der Waals surface area contributed by atoms with Gasteiger partial charge in [0.15, 0.2) is 8.32 Å². The van der Waals surface area contributed by atoms with Crippen molar-refractivity contribution in [3.8, 4) is 11.1 Å². The number of ether oxygens (including phenoxy) is 1. The maximum absolute atomic E-state index is 13.4. The molecule has 1 aliphatic rings. The largest absolute Gasteiger partial charge is 0.479 e. The number of carboxylic acids is 1. The van der Waals surface area contributed by atoms with Crippen molar-refractivity contribution in [1.29, 1.82) is 0 Å². The molecule has 1 unspecified atom stereocenters. The number of carbonyl (C=O) groups excluding carboxylic acids is 1. The van der Waals surface area contributed by atoms with Gasteiger partial charge in [0.25, 0.3) is 0 Å². The van der Waals surface area contributed by atoms with E-state index < -0.39 is 20.4 Å². The van der Waals surface area contributed by atoms with Gasteiger partial charge < -0.3 is 14.3 Å². The molecule has 2 aromatic rings. The minimum absolute atomic E-state index is 0.0348. The molecule has 46 heavy (non-hydrogen) atoms. The van der Waals surface area contributed by atoms with E-state index in [4.69, 9.17) is 9.16 Å². The van der Waals surface area contributed by atoms with Crippen molar-refractivity contribution in [3.63, 3.8) is 0 Å². The Labute approximate surface area is 280 Å². The zero-order chi connectivity index (χ0) is 33.8. The summed E-state index contributed by atoms with van der Waals surface area (Å²) in [5, 5.41) is 9.85. The van der Waals surface area contributed by atoms with Gasteiger partial charge in [0.2, 0.25) is 0 Å². The molecule has 5 nitrogen and oxygen atoms in total. The molecule has 1 aliphatic carbocycles. The number of aliphatic carboxylic acids is 1. The minimum atomic E-state index is -2.18. The second-order valence-corrected chi connectivity index (χ2v) is 19.8. The summed E-state index contributed by atoms with van der Waals surface area (Å²) in [4.78, 5) is 25.4. The average molecular weight is 649 g/mol. The van der Waals surface area contributed by atoms with Crippen LogP contribution in [-0.4, -0.2) is 37.6 Å². The van der Waals surface area contributed by atoms with Crippen LogP contribution in [0, 0.1) is 5.41 Å². The van der Waals surface area contributed by atoms with Crippen LogP contribution < -0.4 is 0 Å². The van der Waals surface area contributed by atoms with Gasteiger partial charge in [0.1, 0.15) is 12.2 Å². The molecule has 0 heterocycles. The van der Waals surface area contributed by atoms with Crippen molar-refractivity contribution in [2.45, 2.75) is 148 Å². The lowest BCUT2D eigenvalue weighted by Gasteiger charge is -2.38. The summed E-state index contributed by atoms with van der Waals surface area (Å²) >= 11 is 0. The van der Waals surface area contributed by atoms with Crippen LogP contribution in [0.3, 0.4) is 0 Å². The maximum atomic E-state index is 13.4. The number of esters is 1. The van der Waals surface area contributed by atoms with Crippen LogP contribution in [0.4, 0.5) is 0 Å². The molecule has 3 atom stereocenters. The van der Waals surface area contributed by atoms with Gasteiger partial charge in [-0.15, -0.1) is 0 Å². The first kappa shape index (κ1) is 37.8. The van der Waals surface area contributed by atoms with E-state index in [2.05, 4.69) is 65.9 Å². The first-order chi connectivity index (χ1) is 21.8. The molecule has 254 valence electrons. The molecule has 0 spiro atoms. The topological polar surface area (TPSA) is 72.8 Å². The highest BCUT2D eigenvalue weighted by atomic mass is 28.4. The Morgan fingerprint density at radius 3 is 2.13 bits per heavy atom. The third-order valence-corrected chi connectivity index (χ3v) is 15.0. The normalized spacial score (nSPS) is 19.1. The zero-order valence-electron chi connectivity index (χ0n) is 29.7. The van der Waals surface area contributed by atoms with E-state index in [1.165, 1.54) is 37.7 Å². The Morgan fingerprint density at radius 1 is 0.891 bits per heavy atom. The monoisotopic (exact) mass is 648 g/mol. The van der Waals surface area contributed by atoms with Gasteiger partial charge >= 0.3 is 11.9 Å². The lowest BCUT2D eigenvalue weighted by molar-refractivity contribution is -0.146. The van der Waals surface area contributed by atoms with E-state index in [0.717, 1.165) is 56.1 Å². The fourth-order valence-electron chi connectivity index (χ4n) is 6.32. The standard InChI is InChI=1S/C40H60O5Si/c1-8-9-10-11-12-17-22-34-28-29-36(44-38(43)33-26-24-32(25-27-33)31-20-15-13-16-21-31)40(34,5)30-19-14-18-23-35(37(41)42)45-46(6,7)39(2,3)4/h13,15-16,20-21,24-28,35-36H,8-12,14,17-19,22-23,29-30H2,1-7H3,(H,41,42)/t35?,36-,40+/m0/s1. The number of benzene rings is 2. The van der Waals surface area contributed by atoms with Crippen molar-refractivity contribution in [2.24, 2.45) is 5.41 Å². The van der Waals surface area contributed by atoms with Crippen molar-refractivity contribution in [3.05, 3.63) is 71.8 Å². The first-order valence-electron chi connectivity index (χ1n) is 17.7. The molecule has 2 aromatic carbocycles. The summed E-state index contributed by atoms with van der Waals surface area (Å²) in [5.41, 5.74) is 3.98. The summed E-state index contributed by atoms with van der Waals surface area (Å²) in [5.74, 6) is -1.13. The third kappa shape index (κ3) is 10.7. The molecule has 0 saturated carbocycles. The molecule has 0 saturated heterocycles. The Hall–Kier alpha value is -2.70. The van der Waals surface area contributed by atoms with Gasteiger partial charge in [0.05, 0.1) is 5.56 Å². The molecule has 0 radical (unpaired) electrons. The quantitative estimate of drug-likeness (QED) is 0.0710. The van der Waals surface area contributed by atoms with Gasteiger partial charge in [-0.1, -0.05) is 140 Å². The van der Waals surface area contributed by atoms with Gasteiger partial charge in [0, 0.05) is 11.8 Å². The summed E-state index contributed by atoms with van der Waals surface area (Å²) in [6.45, 7) is 15.2. The smallest absolute Gasteiger partial charge is 0.338 e. The van der Waals surface area contributed by atoms with E-state index in [9.17, 15) is 14.7 Å². The van der Waals surface area contributed by atoms with Crippen molar-refractivity contribution >= 4 is 20.3 Å². The summed E-state index contributed by atoms with van der Waals surface area (Å²) in [7, 11) is -2.18. The van der Waals surface area contributed by atoms with Crippen LogP contribution in [0.2, 0.25) is 18.1 Å². The number of carbonyl (C=O) groups is 2. The predicted octanol–water partition coefficient (Wildman–Crippen LogP) is 11.4. The maximum Gasteiger partial charge on any atom is 0.338 e. The SMILES string of the molecule is CCCCCCCCC1=CC[C@H](OC(=O)c2ccc(-c3ccccc3)cc2)[C@]1(C)CCCCCC(O[Si](C)(C)C(C)(C)C)C(=O)O. The fraction of sp³-hybridized carbons (Fsp3) is 0.600. The van der Waals surface area contributed by atoms with Gasteiger partial charge in [-0.05, 0) is 67.1 Å². The molecule has 0 bridgehead atoms. The number of unbranched alkanes of at least 4 members (excludes halogenated alkanes) is 7. The number of carboxylic acid groups (broad SMARTS) is 1. The molecule has 6 heteroatoms. The minimum Gasteiger partial charge on any atom is -0.479 e. The van der Waals surface area contributed by atoms with Gasteiger partial charge in [-0.2, -0.15) is 0 Å².